The number of carboxylic acids is 1. The number of likely N-dealkylation sites (tertiary alicyclic amines) is 1. The van der Waals surface area contributed by atoms with Gasteiger partial charge in [0.1, 0.15) is 12.6 Å². The third-order valence-electron chi connectivity index (χ3n) is 5.16. The Kier molecular flexibility index (Phi) is 4.08. The maximum absolute atomic E-state index is 13.0. The number of ether oxygens (including phenoxy) is 1. The van der Waals surface area contributed by atoms with Crippen LogP contribution in [0.15, 0.2) is 41.3 Å². The van der Waals surface area contributed by atoms with Crippen molar-refractivity contribution in [1.82, 2.24) is 4.90 Å². The first-order chi connectivity index (χ1) is 12.8. The molecule has 2 atom stereocenters. The highest BCUT2D eigenvalue weighted by molar-refractivity contribution is 7.93. The number of sulfonamides is 1. The van der Waals surface area contributed by atoms with Crippen LogP contribution in [0.25, 0.3) is 10.8 Å². The van der Waals surface area contributed by atoms with Gasteiger partial charge in [0.15, 0.2) is 0 Å². The minimum Gasteiger partial charge on any atom is -0.480 e. The average molecular weight is 390 g/mol. The normalized spacial score (nSPS) is 23.1. The van der Waals surface area contributed by atoms with E-state index in [1.165, 1.54) is 18.1 Å². The molecule has 0 saturated carbocycles. The monoisotopic (exact) mass is 390 g/mol. The summed E-state index contributed by atoms with van der Waals surface area (Å²) in [5.41, 5.74) is 0.436. The molecule has 2 aromatic rings. The van der Waals surface area contributed by atoms with Gasteiger partial charge in [-0.3, -0.25) is 9.10 Å². The van der Waals surface area contributed by atoms with Crippen molar-refractivity contribution in [2.75, 3.05) is 24.5 Å². The molecule has 4 rings (SSSR count). The number of methoxy groups -OCH3 is 1. The van der Waals surface area contributed by atoms with E-state index in [-0.39, 0.29) is 24.0 Å². The van der Waals surface area contributed by atoms with Crippen molar-refractivity contribution < 1.29 is 27.9 Å². The first-order valence-corrected chi connectivity index (χ1v) is 9.88. The Bertz CT molecular complexity index is 1050. The molecule has 27 heavy (non-hydrogen) atoms. The highest BCUT2D eigenvalue weighted by Gasteiger charge is 2.43. The number of rotatable bonds is 4. The van der Waals surface area contributed by atoms with Crippen LogP contribution in [0.1, 0.15) is 6.42 Å². The fraction of sp³-hybridized carbons (Fsp3) is 0.333. The summed E-state index contributed by atoms with van der Waals surface area (Å²) in [6.07, 6.45) is -0.203. The maximum Gasteiger partial charge on any atom is 0.326 e. The number of hydrogen-bond donors (Lipinski definition) is 1. The zero-order chi connectivity index (χ0) is 19.3. The molecule has 2 aliphatic heterocycles. The number of carbonyl (C=O) groups is 2. The van der Waals surface area contributed by atoms with Crippen LogP contribution in [0.3, 0.4) is 0 Å². The van der Waals surface area contributed by atoms with Gasteiger partial charge in [-0.15, -0.1) is 0 Å². The molecule has 0 spiro atoms. The molecule has 2 unspecified atom stereocenters. The van der Waals surface area contributed by atoms with Crippen molar-refractivity contribution in [3.05, 3.63) is 36.4 Å². The van der Waals surface area contributed by atoms with Gasteiger partial charge in [0.2, 0.25) is 5.91 Å². The average Bonchev–Trinajstić information content (AvgIpc) is 3.17. The van der Waals surface area contributed by atoms with Crippen LogP contribution in [0.2, 0.25) is 0 Å². The third-order valence-corrected chi connectivity index (χ3v) is 6.96. The molecule has 2 aliphatic rings. The van der Waals surface area contributed by atoms with E-state index in [1.54, 1.807) is 18.2 Å². The number of carbonyl (C=O) groups excluding carboxylic acids is 1. The van der Waals surface area contributed by atoms with Gasteiger partial charge in [0.05, 0.1) is 16.7 Å². The quantitative estimate of drug-likeness (QED) is 0.837. The lowest BCUT2D eigenvalue weighted by Gasteiger charge is -2.25. The Morgan fingerprint density at radius 2 is 1.93 bits per heavy atom. The van der Waals surface area contributed by atoms with Crippen LogP contribution in [-0.4, -0.2) is 62.6 Å². The van der Waals surface area contributed by atoms with E-state index < -0.39 is 34.5 Å². The summed E-state index contributed by atoms with van der Waals surface area (Å²) in [7, 11) is -2.41. The minimum absolute atomic E-state index is 0.122. The van der Waals surface area contributed by atoms with Crippen LogP contribution in [0.4, 0.5) is 5.69 Å². The molecule has 0 bridgehead atoms. The van der Waals surface area contributed by atoms with Crippen LogP contribution < -0.4 is 4.31 Å². The molecule has 142 valence electrons. The van der Waals surface area contributed by atoms with Crippen molar-refractivity contribution in [1.29, 1.82) is 0 Å². The van der Waals surface area contributed by atoms with Crippen molar-refractivity contribution in [3.8, 4) is 0 Å². The van der Waals surface area contributed by atoms with Crippen LogP contribution >= 0.6 is 0 Å². The maximum atomic E-state index is 13.0. The second-order valence-corrected chi connectivity index (χ2v) is 8.47. The number of anilines is 1. The van der Waals surface area contributed by atoms with Gasteiger partial charge < -0.3 is 14.7 Å². The second-order valence-electron chi connectivity index (χ2n) is 6.64. The van der Waals surface area contributed by atoms with Gasteiger partial charge in [0, 0.05) is 25.5 Å². The number of benzene rings is 2. The van der Waals surface area contributed by atoms with E-state index in [9.17, 15) is 23.1 Å². The number of aliphatic carboxylic acids is 1. The number of nitrogens with zero attached hydrogens (tertiary/aromatic N) is 2. The zero-order valence-corrected chi connectivity index (χ0v) is 15.3. The van der Waals surface area contributed by atoms with Gasteiger partial charge in [-0.05, 0) is 17.5 Å². The molecule has 1 amide bonds. The molecular weight excluding hydrogens is 372 g/mol. The van der Waals surface area contributed by atoms with E-state index in [0.717, 1.165) is 9.69 Å². The smallest absolute Gasteiger partial charge is 0.326 e. The molecular formula is C18H18N2O6S. The van der Waals surface area contributed by atoms with E-state index in [4.69, 9.17) is 4.74 Å². The lowest BCUT2D eigenvalue weighted by Crippen LogP contribution is -2.46. The van der Waals surface area contributed by atoms with Gasteiger partial charge in [0.25, 0.3) is 10.0 Å². The van der Waals surface area contributed by atoms with E-state index >= 15 is 0 Å². The predicted octanol–water partition coefficient (Wildman–Crippen LogP) is 1.05. The molecule has 8 nitrogen and oxygen atoms in total. The third kappa shape index (κ3) is 2.65. The number of hydrogen-bond acceptors (Lipinski definition) is 5. The molecule has 1 saturated heterocycles. The SMILES string of the molecule is COC1CC(C(=O)O)N(C(=O)CN2c3cccc4cccc(c34)S2(=O)=O)C1. The van der Waals surface area contributed by atoms with Crippen LogP contribution in [0.5, 0.6) is 0 Å². The summed E-state index contributed by atoms with van der Waals surface area (Å²) in [6, 6.07) is 9.17. The topological polar surface area (TPSA) is 104 Å². The Morgan fingerprint density at radius 1 is 1.22 bits per heavy atom. The highest BCUT2D eigenvalue weighted by atomic mass is 32.2. The fourth-order valence-corrected chi connectivity index (χ4v) is 5.48. The molecule has 2 heterocycles. The molecule has 9 heteroatoms. The molecule has 0 radical (unpaired) electrons. The van der Waals surface area contributed by atoms with Crippen molar-refractivity contribution in [2.24, 2.45) is 0 Å². The van der Waals surface area contributed by atoms with Gasteiger partial charge >= 0.3 is 5.97 Å². The van der Waals surface area contributed by atoms with Gasteiger partial charge in [-0.1, -0.05) is 24.3 Å². The van der Waals surface area contributed by atoms with Crippen molar-refractivity contribution in [3.63, 3.8) is 0 Å². The highest BCUT2D eigenvalue weighted by Crippen LogP contribution is 2.42. The lowest BCUT2D eigenvalue weighted by atomic mass is 10.1. The van der Waals surface area contributed by atoms with E-state index in [2.05, 4.69) is 0 Å². The largest absolute Gasteiger partial charge is 0.480 e. The Morgan fingerprint density at radius 3 is 2.59 bits per heavy atom. The molecule has 1 N–H and O–H groups in total. The Hall–Kier alpha value is -2.65. The van der Waals surface area contributed by atoms with Gasteiger partial charge in [-0.25, -0.2) is 13.2 Å². The first-order valence-electron chi connectivity index (χ1n) is 8.44. The number of carboxylic acid groups (broad SMARTS) is 1. The van der Waals surface area contributed by atoms with Crippen molar-refractivity contribution >= 4 is 38.4 Å². The van der Waals surface area contributed by atoms with Gasteiger partial charge in [-0.2, -0.15) is 0 Å². The molecule has 1 fully saturated rings. The standard InChI is InChI=1S/C18H18N2O6S/c1-26-12-8-14(18(22)23)19(9-12)16(21)10-20-13-6-2-4-11-5-3-7-15(17(11)13)27(20,24)25/h2-7,12,14H,8-10H2,1H3,(H,22,23). The lowest BCUT2D eigenvalue weighted by molar-refractivity contribution is -0.147. The van der Waals surface area contributed by atoms with E-state index in [0.29, 0.717) is 11.1 Å². The molecule has 0 aromatic heterocycles. The summed E-state index contributed by atoms with van der Waals surface area (Å²) in [5.74, 6) is -1.69. The molecule has 0 aliphatic carbocycles. The van der Waals surface area contributed by atoms with Crippen molar-refractivity contribution in [2.45, 2.75) is 23.5 Å². The van der Waals surface area contributed by atoms with E-state index in [1.807, 2.05) is 12.1 Å². The zero-order valence-electron chi connectivity index (χ0n) is 14.5. The Labute approximate surface area is 156 Å². The predicted molar refractivity (Wildman–Crippen MR) is 97.0 cm³/mol. The summed E-state index contributed by atoms with van der Waals surface area (Å²) in [6.45, 7) is -0.326. The summed E-state index contributed by atoms with van der Waals surface area (Å²) in [5, 5.41) is 10.7. The molecule has 2 aromatic carbocycles. The summed E-state index contributed by atoms with van der Waals surface area (Å²) < 4.78 is 32.2. The summed E-state index contributed by atoms with van der Waals surface area (Å²) >= 11 is 0. The Balaban J connectivity index is 1.68. The minimum atomic E-state index is -3.87. The van der Waals surface area contributed by atoms with Crippen LogP contribution in [-0.2, 0) is 24.3 Å². The van der Waals surface area contributed by atoms with Crippen LogP contribution in [0, 0.1) is 0 Å². The fourth-order valence-electron chi connectivity index (χ4n) is 3.82. The second kappa shape index (κ2) is 6.21. The number of amides is 1. The summed E-state index contributed by atoms with van der Waals surface area (Å²) in [4.78, 5) is 25.7. The first kappa shape index (κ1) is 17.7.